The Morgan fingerprint density at radius 2 is 1.76 bits per heavy atom. The first-order valence-corrected chi connectivity index (χ1v) is 10.8. The number of ether oxygens (including phenoxy) is 1. The van der Waals surface area contributed by atoms with E-state index in [9.17, 15) is 9.59 Å². The largest absolute Gasteiger partial charge is 0.438 e. The van der Waals surface area contributed by atoms with E-state index in [0.29, 0.717) is 23.0 Å². The summed E-state index contributed by atoms with van der Waals surface area (Å²) >= 11 is 11.9. The van der Waals surface area contributed by atoms with Gasteiger partial charge >= 0.3 is 11.8 Å². The number of halogens is 2. The molecule has 0 fully saturated rings. The summed E-state index contributed by atoms with van der Waals surface area (Å²) in [7, 11) is 0. The highest BCUT2D eigenvalue weighted by Gasteiger charge is 2.15. The number of carbonyl (C=O) groups is 2. The third-order valence-corrected chi connectivity index (χ3v) is 5.14. The van der Waals surface area contributed by atoms with Gasteiger partial charge in [0.15, 0.2) is 0 Å². The van der Waals surface area contributed by atoms with Crippen LogP contribution in [0.5, 0.6) is 11.6 Å². The molecule has 2 aromatic carbocycles. The Bertz CT molecular complexity index is 1300. The molecule has 11 heteroatoms. The molecule has 0 atom stereocenters. The number of hydrogen-bond donors (Lipinski definition) is 2. The summed E-state index contributed by atoms with van der Waals surface area (Å²) in [6.45, 7) is 0.697. The summed E-state index contributed by atoms with van der Waals surface area (Å²) in [4.78, 5) is 32.6. The first kappa shape index (κ1) is 23.2. The smallest absolute Gasteiger partial charge is 0.313 e. The molecule has 0 unspecified atom stereocenters. The fraction of sp³-hybridized carbons (Fsp3) is 0.0870. The Morgan fingerprint density at radius 1 is 1.00 bits per heavy atom. The van der Waals surface area contributed by atoms with E-state index >= 15 is 0 Å². The van der Waals surface area contributed by atoms with Gasteiger partial charge in [0, 0.05) is 18.4 Å². The minimum atomic E-state index is -0.787. The number of nitrogens with one attached hydrogen (secondary N) is 2. The van der Waals surface area contributed by atoms with E-state index < -0.39 is 11.8 Å². The lowest BCUT2D eigenvalue weighted by Crippen LogP contribution is -2.35. The summed E-state index contributed by atoms with van der Waals surface area (Å²) in [6, 6.07) is 15.5. The van der Waals surface area contributed by atoms with Gasteiger partial charge in [-0.1, -0.05) is 47.5 Å². The maximum atomic E-state index is 12.3. The number of anilines is 1. The standard InChI is InChI=1S/C23H18Cl2N6O3/c24-17-9-20(25)23(28-11-17)34-19-7-5-18(6-8-19)30-22(33)21(32)27-10-15-3-1-2-4-16(15)12-31-14-26-13-29-31/h1-9,11,13-14H,10,12H2,(H,27,32)(H,30,33). The molecule has 9 nitrogen and oxygen atoms in total. The van der Waals surface area contributed by atoms with E-state index in [-0.39, 0.29) is 17.4 Å². The summed E-state index contributed by atoms with van der Waals surface area (Å²) in [5.41, 5.74) is 2.25. The zero-order valence-corrected chi connectivity index (χ0v) is 19.1. The van der Waals surface area contributed by atoms with Gasteiger partial charge in [-0.3, -0.25) is 9.59 Å². The molecule has 0 radical (unpaired) electrons. The summed E-state index contributed by atoms with van der Waals surface area (Å²) < 4.78 is 7.28. The van der Waals surface area contributed by atoms with E-state index in [2.05, 4.69) is 25.7 Å². The maximum Gasteiger partial charge on any atom is 0.313 e. The molecule has 0 aliphatic heterocycles. The van der Waals surface area contributed by atoms with Crippen molar-refractivity contribution in [2.45, 2.75) is 13.1 Å². The SMILES string of the molecule is O=C(NCc1ccccc1Cn1cncn1)C(=O)Nc1ccc(Oc2ncc(Cl)cc2Cl)cc1. The number of nitrogens with zero attached hydrogens (tertiary/aromatic N) is 4. The van der Waals surface area contributed by atoms with Crippen molar-refractivity contribution >= 4 is 40.7 Å². The van der Waals surface area contributed by atoms with Crippen molar-refractivity contribution in [3.8, 4) is 11.6 Å². The van der Waals surface area contributed by atoms with Crippen molar-refractivity contribution in [3.05, 3.63) is 94.6 Å². The Labute approximate surface area is 204 Å². The van der Waals surface area contributed by atoms with Crippen LogP contribution in [0.15, 0.2) is 73.4 Å². The molecule has 0 aliphatic carbocycles. The molecule has 0 saturated heterocycles. The highest BCUT2D eigenvalue weighted by Crippen LogP contribution is 2.29. The Hall–Kier alpha value is -3.95. The summed E-state index contributed by atoms with van der Waals surface area (Å²) in [5.74, 6) is -0.896. The predicted molar refractivity (Wildman–Crippen MR) is 127 cm³/mol. The summed E-state index contributed by atoms with van der Waals surface area (Å²) in [5, 5.41) is 9.94. The summed E-state index contributed by atoms with van der Waals surface area (Å²) in [6.07, 6.45) is 4.49. The Morgan fingerprint density at radius 3 is 2.47 bits per heavy atom. The van der Waals surface area contributed by atoms with Crippen LogP contribution in [0.2, 0.25) is 10.0 Å². The Balaban J connectivity index is 1.31. The number of hydrogen-bond acceptors (Lipinski definition) is 6. The van der Waals surface area contributed by atoms with Gasteiger partial charge in [-0.2, -0.15) is 5.10 Å². The van der Waals surface area contributed by atoms with Crippen LogP contribution in [0.3, 0.4) is 0 Å². The predicted octanol–water partition coefficient (Wildman–Crippen LogP) is 4.08. The van der Waals surface area contributed by atoms with Gasteiger partial charge in [-0.05, 0) is 41.5 Å². The van der Waals surface area contributed by atoms with E-state index in [1.807, 2.05) is 24.3 Å². The van der Waals surface area contributed by atoms with Crippen LogP contribution < -0.4 is 15.4 Å². The third-order valence-electron chi connectivity index (χ3n) is 4.66. The zero-order chi connectivity index (χ0) is 23.9. The van der Waals surface area contributed by atoms with Crippen LogP contribution in [0, 0.1) is 0 Å². The molecular weight excluding hydrogens is 479 g/mol. The van der Waals surface area contributed by atoms with Gasteiger partial charge in [-0.25, -0.2) is 14.6 Å². The molecule has 2 aromatic heterocycles. The van der Waals surface area contributed by atoms with Gasteiger partial charge in [0.05, 0.1) is 11.6 Å². The van der Waals surface area contributed by atoms with Crippen LogP contribution in [-0.4, -0.2) is 31.6 Å². The number of amides is 2. The molecule has 0 saturated carbocycles. The molecule has 4 aromatic rings. The van der Waals surface area contributed by atoms with Gasteiger partial charge in [0.1, 0.15) is 23.4 Å². The van der Waals surface area contributed by atoms with Crippen LogP contribution in [-0.2, 0) is 22.7 Å². The second-order valence-electron chi connectivity index (χ2n) is 7.07. The van der Waals surface area contributed by atoms with E-state index in [1.54, 1.807) is 35.3 Å². The van der Waals surface area contributed by atoms with Gasteiger partial charge in [0.25, 0.3) is 0 Å². The van der Waals surface area contributed by atoms with E-state index in [0.717, 1.165) is 11.1 Å². The highest BCUT2D eigenvalue weighted by molar-refractivity contribution is 6.39. The van der Waals surface area contributed by atoms with Crippen molar-refractivity contribution in [3.63, 3.8) is 0 Å². The van der Waals surface area contributed by atoms with Crippen molar-refractivity contribution in [1.82, 2.24) is 25.1 Å². The quantitative estimate of drug-likeness (QED) is 0.373. The van der Waals surface area contributed by atoms with Gasteiger partial charge < -0.3 is 15.4 Å². The average Bonchev–Trinajstić information content (AvgIpc) is 3.34. The van der Waals surface area contributed by atoms with Crippen LogP contribution >= 0.6 is 23.2 Å². The normalized spacial score (nSPS) is 10.5. The fourth-order valence-corrected chi connectivity index (χ4v) is 3.43. The molecule has 4 rings (SSSR count). The minimum absolute atomic E-state index is 0.193. The monoisotopic (exact) mass is 496 g/mol. The number of rotatable bonds is 7. The van der Waals surface area contributed by atoms with Crippen LogP contribution in [0.25, 0.3) is 0 Å². The number of aromatic nitrogens is 4. The minimum Gasteiger partial charge on any atom is -0.438 e. The third kappa shape index (κ3) is 6.09. The molecule has 0 bridgehead atoms. The molecule has 2 amide bonds. The molecule has 34 heavy (non-hydrogen) atoms. The first-order chi connectivity index (χ1) is 16.5. The molecule has 0 aliphatic rings. The fourth-order valence-electron chi connectivity index (χ4n) is 3.01. The lowest BCUT2D eigenvalue weighted by molar-refractivity contribution is -0.136. The van der Waals surface area contributed by atoms with Gasteiger partial charge in [0.2, 0.25) is 5.88 Å². The molecular formula is C23H18Cl2N6O3. The lowest BCUT2D eigenvalue weighted by Gasteiger charge is -2.11. The van der Waals surface area contributed by atoms with Gasteiger partial charge in [-0.15, -0.1) is 0 Å². The highest BCUT2D eigenvalue weighted by atomic mass is 35.5. The molecule has 2 N–H and O–H groups in total. The second-order valence-corrected chi connectivity index (χ2v) is 7.91. The molecule has 2 heterocycles. The topological polar surface area (TPSA) is 111 Å². The molecule has 172 valence electrons. The zero-order valence-electron chi connectivity index (χ0n) is 17.6. The van der Waals surface area contributed by atoms with Crippen molar-refractivity contribution in [2.75, 3.05) is 5.32 Å². The number of pyridine rings is 1. The van der Waals surface area contributed by atoms with E-state index in [4.69, 9.17) is 27.9 Å². The average molecular weight is 497 g/mol. The molecule has 0 spiro atoms. The number of carbonyl (C=O) groups excluding carboxylic acids is 2. The van der Waals surface area contributed by atoms with Crippen LogP contribution in [0.1, 0.15) is 11.1 Å². The van der Waals surface area contributed by atoms with Crippen LogP contribution in [0.4, 0.5) is 5.69 Å². The van der Waals surface area contributed by atoms with E-state index in [1.165, 1.54) is 18.6 Å². The Kier molecular flexibility index (Phi) is 7.36. The first-order valence-electron chi connectivity index (χ1n) is 10.1. The van der Waals surface area contributed by atoms with Crippen molar-refractivity contribution in [2.24, 2.45) is 0 Å². The van der Waals surface area contributed by atoms with Crippen molar-refractivity contribution < 1.29 is 14.3 Å². The maximum absolute atomic E-state index is 12.3. The van der Waals surface area contributed by atoms with Crippen molar-refractivity contribution in [1.29, 1.82) is 0 Å². The number of benzene rings is 2. The second kappa shape index (κ2) is 10.8. The lowest BCUT2D eigenvalue weighted by atomic mass is 10.1.